The molecule has 0 bridgehead atoms. The van der Waals surface area contributed by atoms with E-state index >= 15 is 0 Å². The van der Waals surface area contributed by atoms with Gasteiger partial charge in [-0.15, -0.1) is 6.58 Å². The maximum atomic E-state index is 12.3. The van der Waals surface area contributed by atoms with E-state index in [1.54, 1.807) is 0 Å². The summed E-state index contributed by atoms with van der Waals surface area (Å²) in [5, 5.41) is 9.10. The van der Waals surface area contributed by atoms with Crippen molar-refractivity contribution in [2.24, 2.45) is 0 Å². The van der Waals surface area contributed by atoms with Crippen LogP contribution in [0.5, 0.6) is 0 Å². The van der Waals surface area contributed by atoms with E-state index in [1.807, 2.05) is 0 Å². The second-order valence-electron chi connectivity index (χ2n) is 3.96. The molecule has 1 atom stereocenters. The minimum Gasteiger partial charge on any atom is -0.480 e. The molecule has 0 fully saturated rings. The fraction of sp³-hybridized carbons (Fsp3) is 0.167. The molecular formula is C12H11NO5S. The number of hydrogen-bond acceptors (Lipinski definition) is 4. The Balaban J connectivity index is 2.73. The molecule has 1 aromatic rings. The molecule has 6 nitrogen and oxygen atoms in total. The molecule has 0 saturated heterocycles. The fourth-order valence-electron chi connectivity index (χ4n) is 2.00. The Morgan fingerprint density at radius 3 is 2.63 bits per heavy atom. The Labute approximate surface area is 110 Å². The number of carboxylic acid groups (broad SMARTS) is 1. The van der Waals surface area contributed by atoms with Gasteiger partial charge in [0.15, 0.2) is 11.8 Å². The standard InChI is InChI=1S/C12H11NO5S/c1-2-7-13-10(12(15)16)11(14)8-5-3-4-6-9(8)19(13,17)18/h2-6,10H,1,7H2,(H,15,16). The van der Waals surface area contributed by atoms with Crippen molar-refractivity contribution in [3.05, 3.63) is 42.5 Å². The molecule has 0 aromatic heterocycles. The Hall–Kier alpha value is -1.99. The normalized spacial score (nSPS) is 21.7. The molecule has 0 radical (unpaired) electrons. The molecule has 1 unspecified atom stereocenters. The van der Waals surface area contributed by atoms with Gasteiger partial charge in [0.25, 0.3) is 0 Å². The summed E-state index contributed by atoms with van der Waals surface area (Å²) in [6.45, 7) is 3.15. The number of rotatable bonds is 3. The number of aliphatic carboxylic acids is 1. The Morgan fingerprint density at radius 1 is 1.42 bits per heavy atom. The van der Waals surface area contributed by atoms with Crippen LogP contribution in [-0.2, 0) is 14.8 Å². The predicted octanol–water partition coefficient (Wildman–Crippen LogP) is 0.513. The van der Waals surface area contributed by atoms with Crippen LogP contribution in [0.25, 0.3) is 0 Å². The van der Waals surface area contributed by atoms with Crippen molar-refractivity contribution in [2.75, 3.05) is 6.54 Å². The van der Waals surface area contributed by atoms with Crippen molar-refractivity contribution in [3.8, 4) is 0 Å². The summed E-state index contributed by atoms with van der Waals surface area (Å²) in [7, 11) is -4.01. The summed E-state index contributed by atoms with van der Waals surface area (Å²) in [5.74, 6) is -2.23. The van der Waals surface area contributed by atoms with E-state index in [0.29, 0.717) is 4.31 Å². The number of carbonyl (C=O) groups excluding carboxylic acids is 1. The first-order valence-corrected chi connectivity index (χ1v) is 6.84. The maximum Gasteiger partial charge on any atom is 0.330 e. The number of fused-ring (bicyclic) bond motifs is 1. The minimum absolute atomic E-state index is 0.0878. The zero-order valence-corrected chi connectivity index (χ0v) is 10.6. The highest BCUT2D eigenvalue weighted by atomic mass is 32.2. The van der Waals surface area contributed by atoms with Crippen molar-refractivity contribution < 1.29 is 23.1 Å². The van der Waals surface area contributed by atoms with Crippen LogP contribution in [0, 0.1) is 0 Å². The first kappa shape index (κ1) is 13.4. The van der Waals surface area contributed by atoms with Crippen LogP contribution >= 0.6 is 0 Å². The second-order valence-corrected chi connectivity index (χ2v) is 5.82. The summed E-state index contributed by atoms with van der Waals surface area (Å²) in [5.41, 5.74) is -0.0878. The Kier molecular flexibility index (Phi) is 3.25. The SMILES string of the molecule is C=CCN1C(C(=O)O)C(=O)c2ccccc2S1(=O)=O. The van der Waals surface area contributed by atoms with Crippen molar-refractivity contribution in [2.45, 2.75) is 10.9 Å². The molecule has 1 N–H and O–H groups in total. The summed E-state index contributed by atoms with van der Waals surface area (Å²) >= 11 is 0. The molecule has 0 spiro atoms. The molecule has 2 rings (SSSR count). The number of ketones is 1. The quantitative estimate of drug-likeness (QED) is 0.644. The van der Waals surface area contributed by atoms with E-state index in [0.717, 1.165) is 0 Å². The average molecular weight is 281 g/mol. The summed E-state index contributed by atoms with van der Waals surface area (Å²) < 4.78 is 25.3. The Bertz CT molecular complexity index is 664. The monoisotopic (exact) mass is 281 g/mol. The zero-order valence-electron chi connectivity index (χ0n) is 9.81. The van der Waals surface area contributed by atoms with Gasteiger partial charge in [-0.2, -0.15) is 4.31 Å². The molecule has 1 aliphatic heterocycles. The molecule has 0 aliphatic carbocycles. The lowest BCUT2D eigenvalue weighted by Crippen LogP contribution is -2.53. The van der Waals surface area contributed by atoms with Crippen LogP contribution in [-0.4, -0.2) is 42.2 Å². The van der Waals surface area contributed by atoms with Crippen LogP contribution in [0.3, 0.4) is 0 Å². The molecule has 0 amide bonds. The summed E-state index contributed by atoms with van der Waals surface area (Å²) in [4.78, 5) is 23.1. The smallest absolute Gasteiger partial charge is 0.330 e. The minimum atomic E-state index is -4.01. The number of carbonyl (C=O) groups is 2. The highest BCUT2D eigenvalue weighted by Gasteiger charge is 2.46. The van der Waals surface area contributed by atoms with Crippen LogP contribution < -0.4 is 0 Å². The Morgan fingerprint density at radius 2 is 2.05 bits per heavy atom. The number of sulfonamides is 1. The summed E-state index contributed by atoms with van der Waals surface area (Å²) in [6, 6.07) is 3.84. The van der Waals surface area contributed by atoms with E-state index in [2.05, 4.69) is 6.58 Å². The molecule has 1 aliphatic rings. The third kappa shape index (κ3) is 1.96. The molecule has 1 aromatic carbocycles. The van der Waals surface area contributed by atoms with Gasteiger partial charge in [-0.3, -0.25) is 4.79 Å². The van der Waals surface area contributed by atoms with E-state index in [1.165, 1.54) is 30.3 Å². The van der Waals surface area contributed by atoms with Crippen LogP contribution in [0.2, 0.25) is 0 Å². The van der Waals surface area contributed by atoms with Gasteiger partial charge < -0.3 is 5.11 Å². The molecule has 7 heteroatoms. The zero-order chi connectivity index (χ0) is 14.2. The predicted molar refractivity (Wildman–Crippen MR) is 66.3 cm³/mol. The number of nitrogens with zero attached hydrogens (tertiary/aromatic N) is 1. The van der Waals surface area contributed by atoms with Crippen molar-refractivity contribution in [1.82, 2.24) is 4.31 Å². The highest BCUT2D eigenvalue weighted by Crippen LogP contribution is 2.29. The van der Waals surface area contributed by atoms with E-state index in [4.69, 9.17) is 5.11 Å². The first-order valence-electron chi connectivity index (χ1n) is 5.40. The maximum absolute atomic E-state index is 12.3. The number of carboxylic acids is 1. The van der Waals surface area contributed by atoms with Crippen molar-refractivity contribution in [1.29, 1.82) is 0 Å². The van der Waals surface area contributed by atoms with Gasteiger partial charge in [0.05, 0.1) is 4.90 Å². The fourth-order valence-corrected chi connectivity index (χ4v) is 3.72. The van der Waals surface area contributed by atoms with Crippen LogP contribution in [0.1, 0.15) is 10.4 Å². The van der Waals surface area contributed by atoms with Crippen LogP contribution in [0.15, 0.2) is 41.8 Å². The van der Waals surface area contributed by atoms with Gasteiger partial charge in [0.1, 0.15) is 0 Å². The third-order valence-electron chi connectivity index (χ3n) is 2.82. The van der Waals surface area contributed by atoms with Gasteiger partial charge in [0, 0.05) is 12.1 Å². The van der Waals surface area contributed by atoms with Gasteiger partial charge in [0.2, 0.25) is 10.0 Å². The van der Waals surface area contributed by atoms with Crippen molar-refractivity contribution >= 4 is 21.8 Å². The van der Waals surface area contributed by atoms with Crippen LogP contribution in [0.4, 0.5) is 0 Å². The number of hydrogen-bond donors (Lipinski definition) is 1. The first-order chi connectivity index (χ1) is 8.91. The molecule has 100 valence electrons. The molecule has 1 heterocycles. The number of benzene rings is 1. The lowest BCUT2D eigenvalue weighted by atomic mass is 10.0. The topological polar surface area (TPSA) is 91.8 Å². The van der Waals surface area contributed by atoms with E-state index < -0.39 is 27.8 Å². The second kappa shape index (κ2) is 4.60. The molecule has 19 heavy (non-hydrogen) atoms. The third-order valence-corrected chi connectivity index (χ3v) is 4.71. The largest absolute Gasteiger partial charge is 0.480 e. The molecule has 0 saturated carbocycles. The van der Waals surface area contributed by atoms with Gasteiger partial charge in [-0.1, -0.05) is 18.2 Å². The van der Waals surface area contributed by atoms with E-state index in [-0.39, 0.29) is 17.0 Å². The summed E-state index contributed by atoms with van der Waals surface area (Å²) in [6.07, 6.45) is 1.24. The van der Waals surface area contributed by atoms with Crippen molar-refractivity contribution in [3.63, 3.8) is 0 Å². The lowest BCUT2D eigenvalue weighted by molar-refractivity contribution is -0.139. The van der Waals surface area contributed by atoms with Gasteiger partial charge in [-0.25, -0.2) is 13.2 Å². The lowest BCUT2D eigenvalue weighted by Gasteiger charge is -2.31. The van der Waals surface area contributed by atoms with E-state index in [9.17, 15) is 18.0 Å². The number of Topliss-reactive ketones (excluding diaryl/α,β-unsaturated/α-hetero) is 1. The van der Waals surface area contributed by atoms with Gasteiger partial charge in [-0.05, 0) is 12.1 Å². The van der Waals surface area contributed by atoms with Gasteiger partial charge >= 0.3 is 5.97 Å². The highest BCUT2D eigenvalue weighted by molar-refractivity contribution is 7.89. The molecular weight excluding hydrogens is 270 g/mol. The average Bonchev–Trinajstić information content (AvgIpc) is 2.36.